The van der Waals surface area contributed by atoms with Crippen molar-refractivity contribution < 1.29 is 4.79 Å². The third kappa shape index (κ3) is 6.89. The van der Waals surface area contributed by atoms with Crippen LogP contribution in [0.5, 0.6) is 0 Å². The normalized spacial score (nSPS) is 17.2. The Kier molecular flexibility index (Phi) is 8.64. The van der Waals surface area contributed by atoms with Gasteiger partial charge >= 0.3 is 0 Å². The lowest BCUT2D eigenvalue weighted by atomic mass is 10.1. The molecule has 0 unspecified atom stereocenters. The average molecular weight is 538 g/mol. The zero-order valence-corrected chi connectivity index (χ0v) is 20.2. The van der Waals surface area contributed by atoms with E-state index in [-0.39, 0.29) is 29.9 Å². The molecule has 0 spiro atoms. The molecule has 1 aliphatic heterocycles. The minimum absolute atomic E-state index is 0. The lowest BCUT2D eigenvalue weighted by Gasteiger charge is -2.36. The fourth-order valence-corrected chi connectivity index (χ4v) is 3.58. The Labute approximate surface area is 200 Å². The fourth-order valence-electron chi connectivity index (χ4n) is 3.58. The summed E-state index contributed by atoms with van der Waals surface area (Å²) in [6, 6.07) is 8.61. The number of hydrogen-bond donors (Lipinski definition) is 3. The number of halogens is 1. The van der Waals surface area contributed by atoms with Gasteiger partial charge in [-0.3, -0.25) is 14.8 Å². The third-order valence-electron chi connectivity index (χ3n) is 5.34. The van der Waals surface area contributed by atoms with E-state index < -0.39 is 0 Å². The van der Waals surface area contributed by atoms with Gasteiger partial charge in [-0.2, -0.15) is 5.10 Å². The zero-order valence-electron chi connectivity index (χ0n) is 17.9. The summed E-state index contributed by atoms with van der Waals surface area (Å²) in [5.74, 6) is 1.83. The van der Waals surface area contributed by atoms with Crippen molar-refractivity contribution in [3.63, 3.8) is 0 Å². The molecular weight excluding hydrogens is 507 g/mol. The van der Waals surface area contributed by atoms with E-state index in [4.69, 9.17) is 4.99 Å². The number of carbonyl (C=O) groups excluding carboxylic acids is 1. The number of hydrogen-bond acceptors (Lipinski definition) is 5. The van der Waals surface area contributed by atoms with Gasteiger partial charge in [-0.05, 0) is 31.4 Å². The monoisotopic (exact) mass is 538 g/mol. The Morgan fingerprint density at radius 3 is 2.74 bits per heavy atom. The number of H-pyrrole nitrogens is 1. The van der Waals surface area contributed by atoms with Gasteiger partial charge in [0.05, 0.1) is 13.1 Å². The van der Waals surface area contributed by atoms with Crippen LogP contribution in [0.2, 0.25) is 0 Å². The van der Waals surface area contributed by atoms with E-state index in [9.17, 15) is 4.79 Å². The van der Waals surface area contributed by atoms with Crippen molar-refractivity contribution in [3.8, 4) is 11.4 Å². The van der Waals surface area contributed by atoms with Crippen LogP contribution >= 0.6 is 24.0 Å². The maximum absolute atomic E-state index is 12.0. The minimum Gasteiger partial charge on any atom is -0.357 e. The lowest BCUT2D eigenvalue weighted by Crippen LogP contribution is -2.54. The quantitative estimate of drug-likeness (QED) is 0.281. The number of rotatable bonds is 7. The number of aromatic nitrogens is 3. The first-order valence-electron chi connectivity index (χ1n) is 10.7. The minimum atomic E-state index is 0. The second-order valence-corrected chi connectivity index (χ2v) is 7.81. The third-order valence-corrected chi connectivity index (χ3v) is 5.34. The molecule has 0 atom stereocenters. The fraction of sp³-hybridized carbons (Fsp3) is 0.524. The van der Waals surface area contributed by atoms with Crippen LogP contribution in [0.4, 0.5) is 0 Å². The number of piperazine rings is 1. The van der Waals surface area contributed by atoms with Gasteiger partial charge in [-0.25, -0.2) is 9.98 Å². The predicted molar refractivity (Wildman–Crippen MR) is 131 cm³/mol. The standard InChI is InChI=1S/C21H30N8O.HI/c1-2-22-21(23-13-16-4-3-5-17(12-16)20-24-15-25-27-20)29-10-8-28(9-11-29)14-19(30)26-18-6-7-18;/h3-5,12,15,18H,2,6-11,13-14H2,1H3,(H,22,23)(H,26,30)(H,24,25,27);1H. The molecule has 2 fully saturated rings. The highest BCUT2D eigenvalue weighted by atomic mass is 127. The van der Waals surface area contributed by atoms with Crippen LogP contribution in [-0.4, -0.2) is 82.2 Å². The molecule has 4 rings (SSSR count). The van der Waals surface area contributed by atoms with Gasteiger partial charge in [0.25, 0.3) is 0 Å². The molecule has 1 aromatic heterocycles. The summed E-state index contributed by atoms with van der Waals surface area (Å²) in [6.45, 7) is 7.44. The highest BCUT2D eigenvalue weighted by Gasteiger charge is 2.25. The van der Waals surface area contributed by atoms with Crippen LogP contribution < -0.4 is 10.6 Å². The van der Waals surface area contributed by atoms with Gasteiger partial charge in [0, 0.05) is 44.3 Å². The van der Waals surface area contributed by atoms with E-state index in [2.05, 4.69) is 54.7 Å². The predicted octanol–water partition coefficient (Wildman–Crippen LogP) is 1.45. The van der Waals surface area contributed by atoms with Gasteiger partial charge in [-0.15, -0.1) is 24.0 Å². The first-order chi connectivity index (χ1) is 14.7. The molecular formula is C21H31IN8O. The molecule has 0 bridgehead atoms. The Bertz CT molecular complexity index is 860. The molecule has 1 aliphatic carbocycles. The Hall–Kier alpha value is -2.21. The second-order valence-electron chi connectivity index (χ2n) is 7.81. The topological polar surface area (TPSA) is 102 Å². The maximum atomic E-state index is 12.0. The summed E-state index contributed by atoms with van der Waals surface area (Å²) < 4.78 is 0. The molecule has 1 saturated carbocycles. The van der Waals surface area contributed by atoms with Crippen LogP contribution in [-0.2, 0) is 11.3 Å². The number of carbonyl (C=O) groups is 1. The van der Waals surface area contributed by atoms with E-state index in [0.717, 1.165) is 68.5 Å². The van der Waals surface area contributed by atoms with Gasteiger partial charge in [-0.1, -0.05) is 18.2 Å². The van der Waals surface area contributed by atoms with E-state index in [1.54, 1.807) is 0 Å². The number of nitrogens with one attached hydrogen (secondary N) is 3. The Balaban J connectivity index is 0.00000272. The highest BCUT2D eigenvalue weighted by molar-refractivity contribution is 14.0. The van der Waals surface area contributed by atoms with Gasteiger partial charge in [0.1, 0.15) is 6.33 Å². The van der Waals surface area contributed by atoms with Crippen molar-refractivity contribution in [2.24, 2.45) is 4.99 Å². The number of aromatic amines is 1. The largest absolute Gasteiger partial charge is 0.357 e. The molecule has 3 N–H and O–H groups in total. The van der Waals surface area contributed by atoms with Crippen molar-refractivity contribution in [1.29, 1.82) is 0 Å². The lowest BCUT2D eigenvalue weighted by molar-refractivity contribution is -0.122. The van der Waals surface area contributed by atoms with E-state index in [1.807, 2.05) is 12.1 Å². The molecule has 31 heavy (non-hydrogen) atoms. The first kappa shape index (κ1) is 23.5. The van der Waals surface area contributed by atoms with E-state index in [1.165, 1.54) is 6.33 Å². The Morgan fingerprint density at radius 2 is 2.06 bits per heavy atom. The number of guanidine groups is 1. The van der Waals surface area contributed by atoms with Crippen LogP contribution in [0.1, 0.15) is 25.3 Å². The number of amides is 1. The molecule has 168 valence electrons. The SMILES string of the molecule is CCNC(=NCc1cccc(-c2ncn[nH]2)c1)N1CCN(CC(=O)NC2CC2)CC1.I. The summed E-state index contributed by atoms with van der Waals surface area (Å²) in [5.41, 5.74) is 2.12. The zero-order chi connectivity index (χ0) is 20.8. The van der Waals surface area contributed by atoms with Gasteiger partial charge in [0.2, 0.25) is 5.91 Å². The van der Waals surface area contributed by atoms with Gasteiger partial charge in [0.15, 0.2) is 11.8 Å². The molecule has 9 nitrogen and oxygen atoms in total. The van der Waals surface area contributed by atoms with Crippen molar-refractivity contribution in [1.82, 2.24) is 35.6 Å². The molecule has 2 aliphatic rings. The van der Waals surface area contributed by atoms with Crippen molar-refractivity contribution in [2.75, 3.05) is 39.3 Å². The molecule has 10 heteroatoms. The average Bonchev–Trinajstić information content (AvgIpc) is 3.39. The molecule has 1 amide bonds. The maximum Gasteiger partial charge on any atom is 0.234 e. The molecule has 2 heterocycles. The van der Waals surface area contributed by atoms with Crippen LogP contribution in [0.3, 0.4) is 0 Å². The first-order valence-corrected chi connectivity index (χ1v) is 10.7. The van der Waals surface area contributed by atoms with E-state index in [0.29, 0.717) is 19.1 Å². The van der Waals surface area contributed by atoms with Crippen LogP contribution in [0.15, 0.2) is 35.6 Å². The van der Waals surface area contributed by atoms with Crippen LogP contribution in [0.25, 0.3) is 11.4 Å². The summed E-state index contributed by atoms with van der Waals surface area (Å²) in [4.78, 5) is 25.6. The molecule has 2 aromatic rings. The van der Waals surface area contributed by atoms with Crippen molar-refractivity contribution in [2.45, 2.75) is 32.4 Å². The molecule has 1 saturated heterocycles. The van der Waals surface area contributed by atoms with Crippen molar-refractivity contribution >= 4 is 35.8 Å². The summed E-state index contributed by atoms with van der Waals surface area (Å²) >= 11 is 0. The second kappa shape index (κ2) is 11.4. The number of nitrogens with zero attached hydrogens (tertiary/aromatic N) is 5. The Morgan fingerprint density at radius 1 is 1.26 bits per heavy atom. The summed E-state index contributed by atoms with van der Waals surface area (Å²) in [5, 5.41) is 13.3. The summed E-state index contributed by atoms with van der Waals surface area (Å²) in [6.07, 6.45) is 3.77. The number of aliphatic imine (C=N–C) groups is 1. The van der Waals surface area contributed by atoms with Gasteiger partial charge < -0.3 is 15.5 Å². The molecule has 0 radical (unpaired) electrons. The molecule has 1 aromatic carbocycles. The summed E-state index contributed by atoms with van der Waals surface area (Å²) in [7, 11) is 0. The highest BCUT2D eigenvalue weighted by Crippen LogP contribution is 2.18. The smallest absolute Gasteiger partial charge is 0.234 e. The van der Waals surface area contributed by atoms with Crippen molar-refractivity contribution in [3.05, 3.63) is 36.2 Å². The number of benzene rings is 1. The van der Waals surface area contributed by atoms with E-state index >= 15 is 0 Å². The van der Waals surface area contributed by atoms with Crippen LogP contribution in [0, 0.1) is 0 Å².